The van der Waals surface area contributed by atoms with Crippen LogP contribution in [0.4, 0.5) is 21.5 Å². The zero-order valence-electron chi connectivity index (χ0n) is 30.8. The Morgan fingerprint density at radius 1 is 0.491 bits per heavy atom. The largest absolute Gasteiger partial charge is 0.309 e. The Labute approximate surface area is 311 Å². The lowest BCUT2D eigenvalue weighted by Crippen LogP contribution is -2.38. The monoisotopic (exact) mass is 701 g/mol. The van der Waals surface area contributed by atoms with Gasteiger partial charge in [-0.05, 0) is 102 Å². The molecule has 1 aliphatic carbocycles. The minimum atomic E-state index is -1.61. The van der Waals surface area contributed by atoms with Gasteiger partial charge in [-0.1, -0.05) is 154 Å². The number of fused-ring (bicyclic) bond motifs is 3. The molecule has 0 aromatic heterocycles. The van der Waals surface area contributed by atoms with Crippen LogP contribution in [0, 0.1) is 5.82 Å². The quantitative estimate of drug-likeness (QED) is 0.0981. The molecule has 3 heteroatoms. The number of rotatable bonds is 5. The van der Waals surface area contributed by atoms with Crippen LogP contribution in [-0.4, -0.2) is 8.07 Å². The third-order valence-electron chi connectivity index (χ3n) is 11.8. The Morgan fingerprint density at radius 2 is 1.08 bits per heavy atom. The highest BCUT2D eigenvalue weighted by molar-refractivity contribution is 6.90. The fourth-order valence-corrected chi connectivity index (χ4v) is 10.9. The lowest BCUT2D eigenvalue weighted by Gasteiger charge is -2.31. The van der Waals surface area contributed by atoms with E-state index in [0.29, 0.717) is 0 Å². The molecule has 0 saturated heterocycles. The van der Waals surface area contributed by atoms with Crippen LogP contribution in [0.2, 0.25) is 19.6 Å². The number of benzene rings is 9. The van der Waals surface area contributed by atoms with Gasteiger partial charge in [-0.25, -0.2) is 4.39 Å². The number of anilines is 3. The number of hydrogen-bond acceptors (Lipinski definition) is 1. The highest BCUT2D eigenvalue weighted by Gasteiger charge is 2.35. The Balaban J connectivity index is 1.32. The minimum absolute atomic E-state index is 0.178. The molecule has 10 rings (SSSR count). The maximum atomic E-state index is 14.7. The van der Waals surface area contributed by atoms with Gasteiger partial charge in [0.15, 0.2) is 0 Å². The van der Waals surface area contributed by atoms with Crippen LogP contribution in [0.1, 0.15) is 25.0 Å². The average molecular weight is 702 g/mol. The topological polar surface area (TPSA) is 3.24 Å². The molecule has 0 spiro atoms. The van der Waals surface area contributed by atoms with Gasteiger partial charge in [-0.2, -0.15) is 0 Å². The van der Waals surface area contributed by atoms with Crippen LogP contribution >= 0.6 is 0 Å². The van der Waals surface area contributed by atoms with E-state index in [1.165, 1.54) is 70.5 Å². The molecule has 256 valence electrons. The first-order valence-corrected chi connectivity index (χ1v) is 22.1. The average Bonchev–Trinajstić information content (AvgIpc) is 3.40. The molecule has 0 saturated carbocycles. The van der Waals surface area contributed by atoms with E-state index in [0.717, 1.165) is 27.8 Å². The van der Waals surface area contributed by atoms with Gasteiger partial charge in [0.2, 0.25) is 0 Å². The molecule has 0 radical (unpaired) electrons. The first-order chi connectivity index (χ1) is 25.6. The number of halogens is 1. The molecule has 53 heavy (non-hydrogen) atoms. The molecule has 1 aliphatic rings. The Kier molecular flexibility index (Phi) is 6.84. The maximum Gasteiger partial charge on any atom is 0.123 e. The van der Waals surface area contributed by atoms with E-state index in [1.807, 2.05) is 12.1 Å². The highest BCUT2D eigenvalue weighted by atomic mass is 28.3. The summed E-state index contributed by atoms with van der Waals surface area (Å²) in [4.78, 5) is 2.37. The first kappa shape index (κ1) is 31.9. The predicted molar refractivity (Wildman–Crippen MR) is 229 cm³/mol. The lowest BCUT2D eigenvalue weighted by molar-refractivity contribution is 0.628. The molecule has 9 aromatic carbocycles. The van der Waals surface area contributed by atoms with E-state index in [2.05, 4.69) is 166 Å². The van der Waals surface area contributed by atoms with Crippen LogP contribution in [0.3, 0.4) is 0 Å². The summed E-state index contributed by atoms with van der Waals surface area (Å²) in [6.07, 6.45) is 0. The van der Waals surface area contributed by atoms with Crippen molar-refractivity contribution >= 4 is 84.2 Å². The molecule has 0 N–H and O–H groups in total. The van der Waals surface area contributed by atoms with Crippen molar-refractivity contribution in [1.82, 2.24) is 0 Å². The normalized spacial score (nSPS) is 13.6. The predicted octanol–water partition coefficient (Wildman–Crippen LogP) is 13.9. The summed E-state index contributed by atoms with van der Waals surface area (Å²) in [5.74, 6) is -0.247. The zero-order chi connectivity index (χ0) is 36.2. The molecule has 0 atom stereocenters. The van der Waals surface area contributed by atoms with Crippen LogP contribution in [0.15, 0.2) is 152 Å². The van der Waals surface area contributed by atoms with Gasteiger partial charge in [0.1, 0.15) is 5.82 Å². The second kappa shape index (κ2) is 11.4. The molecule has 0 unspecified atom stereocenters. The van der Waals surface area contributed by atoms with Gasteiger partial charge in [-0.3, -0.25) is 0 Å². The van der Waals surface area contributed by atoms with Gasteiger partial charge in [-0.15, -0.1) is 0 Å². The third-order valence-corrected chi connectivity index (χ3v) is 13.8. The van der Waals surface area contributed by atoms with Crippen molar-refractivity contribution in [3.8, 4) is 11.1 Å². The summed E-state index contributed by atoms with van der Waals surface area (Å²) >= 11 is 0. The van der Waals surface area contributed by atoms with Gasteiger partial charge < -0.3 is 4.90 Å². The number of hydrogen-bond donors (Lipinski definition) is 0. The van der Waals surface area contributed by atoms with Crippen LogP contribution in [0.25, 0.3) is 65.0 Å². The van der Waals surface area contributed by atoms with E-state index in [9.17, 15) is 4.39 Å². The van der Waals surface area contributed by atoms with Crippen molar-refractivity contribution in [2.24, 2.45) is 0 Å². The third kappa shape index (κ3) is 4.66. The fraction of sp³-hybridized carbons (Fsp3) is 0.120. The maximum absolute atomic E-state index is 14.7. The molecule has 1 nitrogen and oxygen atoms in total. The van der Waals surface area contributed by atoms with Crippen LogP contribution < -0.4 is 10.1 Å². The zero-order valence-corrected chi connectivity index (χ0v) is 31.8. The van der Waals surface area contributed by atoms with Gasteiger partial charge in [0, 0.05) is 27.6 Å². The van der Waals surface area contributed by atoms with Crippen molar-refractivity contribution in [1.29, 1.82) is 0 Å². The second-order valence-corrected chi connectivity index (χ2v) is 21.3. The van der Waals surface area contributed by atoms with E-state index < -0.39 is 8.07 Å². The molecule has 0 aliphatic heterocycles. The molecular weight excluding hydrogens is 662 g/mol. The summed E-state index contributed by atoms with van der Waals surface area (Å²) in [7, 11) is -1.61. The lowest BCUT2D eigenvalue weighted by atomic mass is 9.81. The summed E-state index contributed by atoms with van der Waals surface area (Å²) in [6.45, 7) is 12.0. The Morgan fingerprint density at radius 3 is 1.74 bits per heavy atom. The molecular formula is C50H40FNSi. The molecule has 0 bridgehead atoms. The van der Waals surface area contributed by atoms with Crippen LogP contribution in [-0.2, 0) is 5.41 Å². The molecule has 0 amide bonds. The smallest absolute Gasteiger partial charge is 0.123 e. The van der Waals surface area contributed by atoms with Gasteiger partial charge >= 0.3 is 0 Å². The first-order valence-electron chi connectivity index (χ1n) is 18.6. The van der Waals surface area contributed by atoms with Crippen molar-refractivity contribution in [3.63, 3.8) is 0 Å². The highest BCUT2D eigenvalue weighted by Crippen LogP contribution is 2.53. The summed E-state index contributed by atoms with van der Waals surface area (Å²) in [6, 6.07) is 54.4. The fourth-order valence-electron chi connectivity index (χ4n) is 9.32. The van der Waals surface area contributed by atoms with E-state index in [1.54, 1.807) is 12.1 Å². The van der Waals surface area contributed by atoms with Gasteiger partial charge in [0.05, 0.1) is 13.8 Å². The van der Waals surface area contributed by atoms with Crippen LogP contribution in [0.5, 0.6) is 0 Å². The van der Waals surface area contributed by atoms with E-state index >= 15 is 0 Å². The van der Waals surface area contributed by atoms with Crippen molar-refractivity contribution < 1.29 is 4.39 Å². The van der Waals surface area contributed by atoms with Crippen molar-refractivity contribution in [2.75, 3.05) is 4.90 Å². The standard InChI is InChI=1S/C50H40FNSi/c1-50(2)43-20-12-13-31-21-22-32-29-35(30-44(50)47(32)46(31)43)52(34-25-23-33(51)24-26-34)49-41-18-10-8-16-38(41)48(39-17-9-11-19-42(39)49)40-27-28-45(53(3,4)5)37-15-7-6-14-36(37)40/h6-30H,1-5H3. The molecule has 9 aromatic rings. The minimum Gasteiger partial charge on any atom is -0.309 e. The second-order valence-electron chi connectivity index (χ2n) is 16.3. The molecule has 0 fully saturated rings. The molecule has 0 heterocycles. The van der Waals surface area contributed by atoms with Crippen molar-refractivity contribution in [2.45, 2.75) is 38.9 Å². The van der Waals surface area contributed by atoms with Crippen molar-refractivity contribution in [3.05, 3.63) is 169 Å². The number of nitrogens with zero attached hydrogens (tertiary/aromatic N) is 1. The van der Waals surface area contributed by atoms with Gasteiger partial charge in [0.25, 0.3) is 0 Å². The summed E-state index contributed by atoms with van der Waals surface area (Å²) < 4.78 is 14.7. The Bertz CT molecular complexity index is 2910. The summed E-state index contributed by atoms with van der Waals surface area (Å²) in [5.41, 5.74) is 8.08. The SMILES string of the molecule is CC1(C)c2cccc3ccc4cc(N(c5ccc(F)cc5)c5c6ccccc6c(-c6ccc([Si](C)(C)C)c7ccccc67)c6ccccc56)cc1c4c23. The Hall–Kier alpha value is -5.77. The van der Waals surface area contributed by atoms with E-state index in [4.69, 9.17) is 0 Å². The summed E-state index contributed by atoms with van der Waals surface area (Å²) in [5, 5.41) is 14.0. The van der Waals surface area contributed by atoms with E-state index in [-0.39, 0.29) is 11.2 Å².